The Bertz CT molecular complexity index is 7500. The fraction of sp³-hybridized carbons (Fsp3) is 0. The Morgan fingerprint density at radius 2 is 0.308 bits per heavy atom. The van der Waals surface area contributed by atoms with Gasteiger partial charge in [0.2, 0.25) is 0 Å². The maximum absolute atomic E-state index is 2.44. The largest absolute Gasteiger partial charge is 0.309 e. The van der Waals surface area contributed by atoms with Crippen molar-refractivity contribution in [3.05, 3.63) is 394 Å². The van der Waals surface area contributed by atoms with Crippen molar-refractivity contribution in [2.75, 3.05) is 0 Å². The summed E-state index contributed by atoms with van der Waals surface area (Å²) in [6, 6.07) is 144. The average molecular weight is 1360 g/mol. The molecule has 0 radical (unpaired) electrons. The lowest BCUT2D eigenvalue weighted by atomic mass is 9.94. The fourth-order valence-corrected chi connectivity index (χ4v) is 17.7. The Morgan fingerprint density at radius 3 is 0.664 bits per heavy atom. The Morgan fingerprint density at radius 1 is 0.103 bits per heavy atom. The van der Waals surface area contributed by atoms with E-state index in [4.69, 9.17) is 0 Å². The number of nitrogens with zero attached hydrogens (tertiary/aromatic N) is 5. The second kappa shape index (κ2) is 24.2. The van der Waals surface area contributed by atoms with E-state index < -0.39 is 0 Å². The van der Waals surface area contributed by atoms with Crippen LogP contribution in [0, 0.1) is 0 Å². The van der Waals surface area contributed by atoms with Gasteiger partial charge in [-0.3, -0.25) is 0 Å². The van der Waals surface area contributed by atoms with Crippen LogP contribution in [-0.2, 0) is 0 Å². The number of para-hydroxylation sites is 7. The van der Waals surface area contributed by atoms with Gasteiger partial charge in [-0.15, -0.1) is 0 Å². The van der Waals surface area contributed by atoms with E-state index in [1.165, 1.54) is 192 Å². The van der Waals surface area contributed by atoms with Gasteiger partial charge in [-0.1, -0.05) is 249 Å². The van der Waals surface area contributed by atoms with Crippen LogP contribution in [0.4, 0.5) is 0 Å². The molecule has 18 aromatic carbocycles. The molecule has 5 nitrogen and oxygen atoms in total. The standard InChI is InChI=1S/C54H34N2.C48H31N3/c1-2-12-35(13-3-1)36-22-26-39(27-23-36)55-51-20-10-8-18-46(51)49-32-37(24-30-53(49)55)38-25-31-54-50(33-38)47-19-9-11-21-52(47)56(54)40-28-29-45-43-16-5-4-14-41(43)42-15-6-7-17-44(42)48(45)34-40;1-3-13-34(14-4-1)49-43-20-10-7-17-37(43)40-29-32(23-26-46(40)49)33-24-27-47-41(30-33)38-18-8-12-22-45(38)51(47)36-25-28-48-42(31-36)39-19-9-11-21-44(39)50(48)35-15-5-2-6-16-35/h1-34H;1-31H. The first-order valence-electron chi connectivity index (χ1n) is 36.9. The highest BCUT2D eigenvalue weighted by atomic mass is 15.0. The lowest BCUT2D eigenvalue weighted by molar-refractivity contribution is 1.17. The van der Waals surface area contributed by atoms with Gasteiger partial charge in [0, 0.05) is 82.3 Å². The van der Waals surface area contributed by atoms with Crippen LogP contribution in [0.5, 0.6) is 0 Å². The predicted molar refractivity (Wildman–Crippen MR) is 453 cm³/mol. The summed E-state index contributed by atoms with van der Waals surface area (Å²) < 4.78 is 12.0. The molecule has 23 rings (SSSR count). The van der Waals surface area contributed by atoms with Crippen molar-refractivity contribution >= 4 is 141 Å². The third-order valence-electron chi connectivity index (χ3n) is 22.5. The summed E-state index contributed by atoms with van der Waals surface area (Å²) in [7, 11) is 0. The fourth-order valence-electron chi connectivity index (χ4n) is 17.7. The van der Waals surface area contributed by atoms with Crippen LogP contribution in [0.2, 0.25) is 0 Å². The summed E-state index contributed by atoms with van der Waals surface area (Å²) in [5.74, 6) is 0. The molecule has 23 aromatic rings. The van der Waals surface area contributed by atoms with E-state index in [-0.39, 0.29) is 0 Å². The summed E-state index contributed by atoms with van der Waals surface area (Å²) in [5, 5.41) is 20.3. The van der Waals surface area contributed by atoms with Gasteiger partial charge < -0.3 is 22.8 Å². The smallest absolute Gasteiger partial charge is 0.0542 e. The quantitative estimate of drug-likeness (QED) is 0.136. The van der Waals surface area contributed by atoms with Crippen LogP contribution in [0.15, 0.2) is 394 Å². The molecule has 0 spiro atoms. The van der Waals surface area contributed by atoms with Crippen LogP contribution >= 0.6 is 0 Å². The third kappa shape index (κ3) is 9.51. The molecule has 0 aliphatic rings. The molecule has 0 amide bonds. The molecule has 0 saturated carbocycles. The molecule has 5 heterocycles. The van der Waals surface area contributed by atoms with Gasteiger partial charge in [0.25, 0.3) is 0 Å². The van der Waals surface area contributed by atoms with E-state index in [1.807, 2.05) is 0 Å². The summed E-state index contributed by atoms with van der Waals surface area (Å²) >= 11 is 0. The Kier molecular flexibility index (Phi) is 13.6. The Labute approximate surface area is 616 Å². The van der Waals surface area contributed by atoms with Crippen molar-refractivity contribution in [2.24, 2.45) is 0 Å². The van der Waals surface area contributed by atoms with Gasteiger partial charge in [-0.05, 0) is 211 Å². The molecule has 0 N–H and O–H groups in total. The van der Waals surface area contributed by atoms with Gasteiger partial charge in [0.1, 0.15) is 0 Å². The molecule has 0 unspecified atom stereocenters. The number of fused-ring (bicyclic) bond motifs is 21. The number of aromatic nitrogens is 5. The van der Waals surface area contributed by atoms with E-state index in [9.17, 15) is 0 Å². The van der Waals surface area contributed by atoms with Crippen molar-refractivity contribution < 1.29 is 0 Å². The molecule has 0 saturated heterocycles. The van der Waals surface area contributed by atoms with Crippen molar-refractivity contribution in [2.45, 2.75) is 0 Å². The predicted octanol–water partition coefficient (Wildman–Crippen LogP) is 27.3. The van der Waals surface area contributed by atoms with Gasteiger partial charge in [0.15, 0.2) is 0 Å². The minimum atomic E-state index is 1.16. The van der Waals surface area contributed by atoms with E-state index in [0.717, 1.165) is 11.4 Å². The summed E-state index contributed by atoms with van der Waals surface area (Å²) in [4.78, 5) is 0. The van der Waals surface area contributed by atoms with Crippen molar-refractivity contribution in [1.29, 1.82) is 0 Å². The van der Waals surface area contributed by atoms with Gasteiger partial charge in [-0.2, -0.15) is 0 Å². The lowest BCUT2D eigenvalue weighted by Crippen LogP contribution is -1.95. The highest BCUT2D eigenvalue weighted by molar-refractivity contribution is 6.26. The van der Waals surface area contributed by atoms with E-state index in [0.29, 0.717) is 0 Å². The van der Waals surface area contributed by atoms with Crippen LogP contribution in [0.25, 0.3) is 203 Å². The second-order valence-corrected chi connectivity index (χ2v) is 28.3. The summed E-state index contributed by atoms with van der Waals surface area (Å²) in [5.41, 5.74) is 25.2. The Balaban J connectivity index is 0.000000134. The number of hydrogen-bond acceptors (Lipinski definition) is 0. The normalized spacial score (nSPS) is 11.9. The average Bonchev–Trinajstić information content (AvgIpc) is 1.29. The Hall–Kier alpha value is -14.3. The van der Waals surface area contributed by atoms with Crippen LogP contribution in [0.1, 0.15) is 0 Å². The molecule has 0 atom stereocenters. The molecule has 0 aliphatic heterocycles. The molecule has 5 aromatic heterocycles. The van der Waals surface area contributed by atoms with Crippen LogP contribution < -0.4 is 0 Å². The van der Waals surface area contributed by atoms with Gasteiger partial charge >= 0.3 is 0 Å². The second-order valence-electron chi connectivity index (χ2n) is 28.3. The SMILES string of the molecule is c1ccc(-c2ccc(-n3c4ccccc4c4cc(-c5ccc6c(c5)c5ccccc5n6-c5ccc6c7ccccc7c7ccccc7c6c5)ccc43)cc2)cc1.c1ccc(-n2c3ccccc3c3cc(-c4ccc5c(c4)c4ccccc4n5-c4ccc5c(c4)c4ccccc4n5-c4ccccc4)ccc32)cc1. The third-order valence-corrected chi connectivity index (χ3v) is 22.5. The number of benzene rings is 18. The van der Waals surface area contributed by atoms with Gasteiger partial charge in [0.05, 0.1) is 55.2 Å². The lowest BCUT2D eigenvalue weighted by Gasteiger charge is -2.14. The highest BCUT2D eigenvalue weighted by Crippen LogP contribution is 2.44. The van der Waals surface area contributed by atoms with Crippen molar-refractivity contribution in [3.63, 3.8) is 0 Å². The first kappa shape index (κ1) is 60.3. The molecule has 107 heavy (non-hydrogen) atoms. The molecule has 498 valence electrons. The zero-order valence-corrected chi connectivity index (χ0v) is 58.3. The maximum Gasteiger partial charge on any atom is 0.0542 e. The van der Waals surface area contributed by atoms with Crippen LogP contribution in [-0.4, -0.2) is 22.8 Å². The minimum absolute atomic E-state index is 1.16. The topological polar surface area (TPSA) is 24.6 Å². The monoisotopic (exact) mass is 1360 g/mol. The van der Waals surface area contributed by atoms with Crippen molar-refractivity contribution in [1.82, 2.24) is 22.8 Å². The summed E-state index contributed by atoms with van der Waals surface area (Å²) in [6.07, 6.45) is 0. The number of hydrogen-bond donors (Lipinski definition) is 0. The molecule has 0 aliphatic carbocycles. The van der Waals surface area contributed by atoms with E-state index in [2.05, 4.69) is 417 Å². The highest BCUT2D eigenvalue weighted by Gasteiger charge is 2.22. The zero-order chi connectivity index (χ0) is 70.2. The zero-order valence-electron chi connectivity index (χ0n) is 58.3. The molecular formula is C102H65N5. The molecule has 5 heteroatoms. The summed E-state index contributed by atoms with van der Waals surface area (Å²) in [6.45, 7) is 0. The first-order valence-corrected chi connectivity index (χ1v) is 36.9. The maximum atomic E-state index is 2.44. The minimum Gasteiger partial charge on any atom is -0.309 e. The van der Waals surface area contributed by atoms with E-state index >= 15 is 0 Å². The van der Waals surface area contributed by atoms with E-state index in [1.54, 1.807) is 0 Å². The number of rotatable bonds is 8. The molecule has 0 fully saturated rings. The molecule has 0 bridgehead atoms. The van der Waals surface area contributed by atoms with Gasteiger partial charge in [-0.25, -0.2) is 0 Å². The first-order chi connectivity index (χ1) is 53.1. The van der Waals surface area contributed by atoms with Crippen molar-refractivity contribution in [3.8, 4) is 61.8 Å². The van der Waals surface area contributed by atoms with Crippen LogP contribution in [0.3, 0.4) is 0 Å². The molecular weight excluding hydrogens is 1300 g/mol.